The summed E-state index contributed by atoms with van der Waals surface area (Å²) in [5.41, 5.74) is 5.92. The molecule has 5 nitrogen and oxygen atoms in total. The molecule has 100 valence electrons. The van der Waals surface area contributed by atoms with Gasteiger partial charge >= 0.3 is 0 Å². The van der Waals surface area contributed by atoms with Crippen molar-refractivity contribution in [2.45, 2.75) is 18.9 Å². The molecule has 0 amide bonds. The van der Waals surface area contributed by atoms with Crippen molar-refractivity contribution in [2.75, 3.05) is 13.2 Å². The summed E-state index contributed by atoms with van der Waals surface area (Å²) >= 11 is 0. The van der Waals surface area contributed by atoms with Gasteiger partial charge in [-0.1, -0.05) is 12.1 Å². The number of hydrogen-bond acceptors (Lipinski definition) is 5. The summed E-state index contributed by atoms with van der Waals surface area (Å²) in [5, 5.41) is 0. The molecule has 1 aromatic heterocycles. The van der Waals surface area contributed by atoms with E-state index in [1.165, 1.54) is 0 Å². The molecule has 0 saturated carbocycles. The van der Waals surface area contributed by atoms with E-state index in [9.17, 15) is 0 Å². The van der Waals surface area contributed by atoms with Crippen LogP contribution in [0.5, 0.6) is 0 Å². The number of hydrazine groups is 1. The van der Waals surface area contributed by atoms with E-state index in [1.54, 1.807) is 12.4 Å². The second-order valence-corrected chi connectivity index (χ2v) is 4.87. The number of para-hydroxylation sites is 1. The van der Waals surface area contributed by atoms with Crippen molar-refractivity contribution in [1.29, 1.82) is 0 Å². The Morgan fingerprint density at radius 3 is 2.79 bits per heavy atom. The highest BCUT2D eigenvalue weighted by molar-refractivity contribution is 5.78. The average Bonchev–Trinajstić information content (AvgIpc) is 2.49. The summed E-state index contributed by atoms with van der Waals surface area (Å²) in [6.45, 7) is 1.61. The van der Waals surface area contributed by atoms with Gasteiger partial charge < -0.3 is 4.74 Å². The fourth-order valence-electron chi connectivity index (χ4n) is 2.79. The molecule has 3 rings (SSSR count). The van der Waals surface area contributed by atoms with Crippen molar-refractivity contribution in [1.82, 2.24) is 15.4 Å². The Balaban J connectivity index is 2.00. The smallest absolute Gasteiger partial charge is 0.0935 e. The van der Waals surface area contributed by atoms with Gasteiger partial charge in [-0.3, -0.25) is 21.2 Å². The third-order valence-electron chi connectivity index (χ3n) is 3.78. The van der Waals surface area contributed by atoms with Crippen molar-refractivity contribution in [3.05, 3.63) is 36.2 Å². The molecule has 1 aliphatic heterocycles. The van der Waals surface area contributed by atoms with Gasteiger partial charge in [0.2, 0.25) is 0 Å². The lowest BCUT2D eigenvalue weighted by Gasteiger charge is -2.30. The summed E-state index contributed by atoms with van der Waals surface area (Å²) in [7, 11) is 0. The summed E-state index contributed by atoms with van der Waals surface area (Å²) in [5.74, 6) is 6.27. The number of benzene rings is 1. The van der Waals surface area contributed by atoms with Crippen LogP contribution in [0, 0.1) is 5.92 Å². The van der Waals surface area contributed by atoms with E-state index in [4.69, 9.17) is 10.6 Å². The fraction of sp³-hybridized carbons (Fsp3) is 0.429. The maximum absolute atomic E-state index is 5.79. The van der Waals surface area contributed by atoms with Gasteiger partial charge in [-0.2, -0.15) is 0 Å². The maximum atomic E-state index is 5.79. The lowest BCUT2D eigenvalue weighted by Crippen LogP contribution is -2.36. The number of nitrogens with one attached hydrogen (secondary N) is 1. The molecule has 1 saturated heterocycles. The van der Waals surface area contributed by atoms with Gasteiger partial charge in [0.25, 0.3) is 0 Å². The second kappa shape index (κ2) is 5.61. The molecule has 1 unspecified atom stereocenters. The van der Waals surface area contributed by atoms with Gasteiger partial charge in [-0.15, -0.1) is 0 Å². The Labute approximate surface area is 112 Å². The summed E-state index contributed by atoms with van der Waals surface area (Å²) < 4.78 is 5.42. The fourth-order valence-corrected chi connectivity index (χ4v) is 2.79. The van der Waals surface area contributed by atoms with Crippen LogP contribution in [0.3, 0.4) is 0 Å². The lowest BCUT2D eigenvalue weighted by atomic mass is 9.87. The Morgan fingerprint density at radius 2 is 2.00 bits per heavy atom. The van der Waals surface area contributed by atoms with Crippen LogP contribution in [-0.4, -0.2) is 23.2 Å². The molecular weight excluding hydrogens is 240 g/mol. The molecule has 1 fully saturated rings. The first-order chi connectivity index (χ1) is 9.40. The molecule has 2 heterocycles. The summed E-state index contributed by atoms with van der Waals surface area (Å²) in [6, 6.07) is 6.17. The van der Waals surface area contributed by atoms with E-state index in [-0.39, 0.29) is 6.04 Å². The van der Waals surface area contributed by atoms with Crippen LogP contribution in [0.4, 0.5) is 0 Å². The van der Waals surface area contributed by atoms with Crippen LogP contribution in [-0.2, 0) is 4.74 Å². The molecule has 19 heavy (non-hydrogen) atoms. The third kappa shape index (κ3) is 2.45. The molecule has 0 bridgehead atoms. The number of rotatable bonds is 3. The molecular formula is C14H18N4O. The van der Waals surface area contributed by atoms with Crippen LogP contribution in [0.2, 0.25) is 0 Å². The van der Waals surface area contributed by atoms with E-state index in [0.29, 0.717) is 5.92 Å². The third-order valence-corrected chi connectivity index (χ3v) is 3.78. The zero-order valence-corrected chi connectivity index (χ0v) is 10.7. The van der Waals surface area contributed by atoms with E-state index in [2.05, 4.69) is 21.5 Å². The van der Waals surface area contributed by atoms with E-state index in [0.717, 1.165) is 42.7 Å². The molecule has 1 atom stereocenters. The van der Waals surface area contributed by atoms with Crippen LogP contribution >= 0.6 is 0 Å². The monoisotopic (exact) mass is 258 g/mol. The SMILES string of the molecule is NNC(c1cccc2nccnc12)C1CCOCC1. The van der Waals surface area contributed by atoms with E-state index >= 15 is 0 Å². The minimum atomic E-state index is 0.101. The second-order valence-electron chi connectivity index (χ2n) is 4.87. The van der Waals surface area contributed by atoms with Gasteiger partial charge in [0.15, 0.2) is 0 Å². The number of ether oxygens (including phenoxy) is 1. The van der Waals surface area contributed by atoms with Crippen LogP contribution in [0.1, 0.15) is 24.4 Å². The highest BCUT2D eigenvalue weighted by Gasteiger charge is 2.26. The quantitative estimate of drug-likeness (QED) is 0.645. The number of aromatic nitrogens is 2. The van der Waals surface area contributed by atoms with E-state index < -0.39 is 0 Å². The lowest BCUT2D eigenvalue weighted by molar-refractivity contribution is 0.0538. The predicted molar refractivity (Wildman–Crippen MR) is 73.1 cm³/mol. The number of fused-ring (bicyclic) bond motifs is 1. The molecule has 2 aromatic rings. The highest BCUT2D eigenvalue weighted by atomic mass is 16.5. The largest absolute Gasteiger partial charge is 0.381 e. The first-order valence-electron chi connectivity index (χ1n) is 6.63. The summed E-state index contributed by atoms with van der Waals surface area (Å²) in [6.07, 6.45) is 5.48. The van der Waals surface area contributed by atoms with E-state index in [1.807, 2.05) is 12.1 Å². The van der Waals surface area contributed by atoms with Gasteiger partial charge in [-0.25, -0.2) is 0 Å². The van der Waals surface area contributed by atoms with Gasteiger partial charge in [0.05, 0.1) is 17.1 Å². The molecule has 3 N–H and O–H groups in total. The van der Waals surface area contributed by atoms with Gasteiger partial charge in [-0.05, 0) is 30.4 Å². The maximum Gasteiger partial charge on any atom is 0.0935 e. The molecule has 0 aliphatic carbocycles. The Hall–Kier alpha value is -1.56. The molecule has 5 heteroatoms. The van der Waals surface area contributed by atoms with Gasteiger partial charge in [0.1, 0.15) is 0 Å². The molecule has 0 spiro atoms. The normalized spacial score (nSPS) is 18.6. The Bertz CT molecular complexity index is 549. The molecule has 0 radical (unpaired) electrons. The van der Waals surface area contributed by atoms with Crippen LogP contribution < -0.4 is 11.3 Å². The Kier molecular flexibility index (Phi) is 3.68. The first-order valence-corrected chi connectivity index (χ1v) is 6.63. The highest BCUT2D eigenvalue weighted by Crippen LogP contribution is 2.32. The standard InChI is InChI=1S/C14H18N4O/c15-18-13(10-4-8-19-9-5-10)11-2-1-3-12-14(11)17-7-6-16-12/h1-3,6-7,10,13,18H,4-5,8-9,15H2. The van der Waals surface area contributed by atoms with Crippen molar-refractivity contribution < 1.29 is 4.74 Å². The minimum Gasteiger partial charge on any atom is -0.381 e. The average molecular weight is 258 g/mol. The zero-order chi connectivity index (χ0) is 13.1. The predicted octanol–water partition coefficient (Wildman–Crippen LogP) is 1.56. The van der Waals surface area contributed by atoms with Gasteiger partial charge in [0, 0.05) is 25.6 Å². The summed E-state index contributed by atoms with van der Waals surface area (Å²) in [4.78, 5) is 8.80. The number of nitrogens with zero attached hydrogens (tertiary/aromatic N) is 2. The minimum absolute atomic E-state index is 0.101. The first kappa shape index (κ1) is 12.5. The van der Waals surface area contributed by atoms with Crippen molar-refractivity contribution in [3.63, 3.8) is 0 Å². The van der Waals surface area contributed by atoms with Crippen LogP contribution in [0.15, 0.2) is 30.6 Å². The van der Waals surface area contributed by atoms with Crippen molar-refractivity contribution in [3.8, 4) is 0 Å². The zero-order valence-electron chi connectivity index (χ0n) is 10.7. The topological polar surface area (TPSA) is 73.1 Å². The van der Waals surface area contributed by atoms with Crippen molar-refractivity contribution in [2.24, 2.45) is 11.8 Å². The molecule has 1 aromatic carbocycles. The Morgan fingerprint density at radius 1 is 1.21 bits per heavy atom. The van der Waals surface area contributed by atoms with Crippen LogP contribution in [0.25, 0.3) is 11.0 Å². The van der Waals surface area contributed by atoms with Crippen molar-refractivity contribution >= 4 is 11.0 Å². The number of nitrogens with two attached hydrogens (primary N) is 1. The molecule has 1 aliphatic rings. The number of hydrogen-bond donors (Lipinski definition) is 2.